The highest BCUT2D eigenvalue weighted by molar-refractivity contribution is 5.95. The lowest BCUT2D eigenvalue weighted by atomic mass is 9.92. The molecular weight excluding hydrogens is 272 g/mol. The fourth-order valence-electron chi connectivity index (χ4n) is 2.67. The highest BCUT2D eigenvalue weighted by atomic mass is 16.5. The molecule has 1 aliphatic heterocycles. The largest absolute Gasteiger partial charge is 0.479 e. The number of rotatable bonds is 2. The molecule has 21 heavy (non-hydrogen) atoms. The number of hydrogen-bond donors (Lipinski definition) is 1. The molecule has 1 aliphatic rings. The molecule has 3 rings (SSSR count). The van der Waals surface area contributed by atoms with Crippen LogP contribution >= 0.6 is 0 Å². The Balaban J connectivity index is 1.99. The van der Waals surface area contributed by atoms with Crippen molar-refractivity contribution in [3.8, 4) is 0 Å². The second-order valence-electron chi connectivity index (χ2n) is 5.01. The molecule has 1 N–H and O–H groups in total. The zero-order chi connectivity index (χ0) is 15.0. The molecule has 6 nitrogen and oxygen atoms in total. The molecule has 0 bridgehead atoms. The number of carbonyl (C=O) groups is 2. The molecular formula is C15H14N2O4. The maximum absolute atomic E-state index is 12.5. The summed E-state index contributed by atoms with van der Waals surface area (Å²) in [4.78, 5) is 25.4. The summed E-state index contributed by atoms with van der Waals surface area (Å²) < 4.78 is 4.90. The first-order valence-electron chi connectivity index (χ1n) is 6.63. The van der Waals surface area contributed by atoms with Crippen molar-refractivity contribution in [3.63, 3.8) is 0 Å². The molecule has 0 saturated heterocycles. The van der Waals surface area contributed by atoms with Crippen LogP contribution in [0.5, 0.6) is 0 Å². The number of benzene rings is 1. The van der Waals surface area contributed by atoms with Gasteiger partial charge in [0.2, 0.25) is 0 Å². The second kappa shape index (κ2) is 5.05. The third kappa shape index (κ3) is 2.29. The Hall–Kier alpha value is -2.63. The van der Waals surface area contributed by atoms with E-state index in [-0.39, 0.29) is 5.69 Å². The van der Waals surface area contributed by atoms with Crippen molar-refractivity contribution in [1.82, 2.24) is 10.1 Å². The van der Waals surface area contributed by atoms with Crippen LogP contribution in [0.2, 0.25) is 0 Å². The van der Waals surface area contributed by atoms with Gasteiger partial charge in [-0.1, -0.05) is 29.4 Å². The fourth-order valence-corrected chi connectivity index (χ4v) is 2.67. The SMILES string of the molecule is Cc1cc(C(=O)N2CCc3ccccc3C2C(=O)O)no1. The first kappa shape index (κ1) is 13.4. The molecule has 0 spiro atoms. The monoisotopic (exact) mass is 286 g/mol. The summed E-state index contributed by atoms with van der Waals surface area (Å²) in [6.45, 7) is 2.03. The molecule has 1 aromatic carbocycles. The van der Waals surface area contributed by atoms with E-state index >= 15 is 0 Å². The van der Waals surface area contributed by atoms with Crippen LogP contribution in [0.1, 0.15) is 33.4 Å². The Morgan fingerprint density at radius 1 is 1.38 bits per heavy atom. The van der Waals surface area contributed by atoms with E-state index in [1.54, 1.807) is 19.1 Å². The maximum atomic E-state index is 12.5. The first-order valence-corrected chi connectivity index (χ1v) is 6.63. The molecule has 2 heterocycles. The lowest BCUT2D eigenvalue weighted by Crippen LogP contribution is -2.43. The van der Waals surface area contributed by atoms with Crippen molar-refractivity contribution in [3.05, 3.63) is 52.9 Å². The molecule has 108 valence electrons. The molecule has 6 heteroatoms. The third-order valence-electron chi connectivity index (χ3n) is 3.63. The minimum absolute atomic E-state index is 0.137. The summed E-state index contributed by atoms with van der Waals surface area (Å²) in [6.07, 6.45) is 0.628. The van der Waals surface area contributed by atoms with Gasteiger partial charge in [0.1, 0.15) is 5.76 Å². The van der Waals surface area contributed by atoms with E-state index in [1.165, 1.54) is 11.0 Å². The normalized spacial score (nSPS) is 17.4. The smallest absolute Gasteiger partial charge is 0.331 e. The van der Waals surface area contributed by atoms with E-state index in [0.717, 1.165) is 5.56 Å². The van der Waals surface area contributed by atoms with E-state index in [2.05, 4.69) is 5.16 Å². The highest BCUT2D eigenvalue weighted by Crippen LogP contribution is 2.31. The molecule has 2 aromatic rings. The van der Waals surface area contributed by atoms with Gasteiger partial charge < -0.3 is 14.5 Å². The van der Waals surface area contributed by atoms with Gasteiger partial charge in [-0.25, -0.2) is 4.79 Å². The van der Waals surface area contributed by atoms with Gasteiger partial charge >= 0.3 is 5.97 Å². The minimum Gasteiger partial charge on any atom is -0.479 e. The summed E-state index contributed by atoms with van der Waals surface area (Å²) in [7, 11) is 0. The number of nitrogens with zero attached hydrogens (tertiary/aromatic N) is 2. The van der Waals surface area contributed by atoms with Crippen LogP contribution in [-0.4, -0.2) is 33.6 Å². The number of carboxylic acids is 1. The van der Waals surface area contributed by atoms with E-state index < -0.39 is 17.9 Å². The highest BCUT2D eigenvalue weighted by Gasteiger charge is 2.37. The van der Waals surface area contributed by atoms with Gasteiger partial charge in [0.15, 0.2) is 11.7 Å². The molecule has 0 aliphatic carbocycles. The number of carboxylic acid groups (broad SMARTS) is 1. The zero-order valence-corrected chi connectivity index (χ0v) is 11.4. The number of carbonyl (C=O) groups excluding carboxylic acids is 1. The van der Waals surface area contributed by atoms with E-state index in [0.29, 0.717) is 24.3 Å². The summed E-state index contributed by atoms with van der Waals surface area (Å²) in [5, 5.41) is 13.2. The van der Waals surface area contributed by atoms with Crippen LogP contribution in [-0.2, 0) is 11.2 Å². The van der Waals surface area contributed by atoms with Crippen LogP contribution in [0.25, 0.3) is 0 Å². The Morgan fingerprint density at radius 2 is 2.14 bits per heavy atom. The lowest BCUT2D eigenvalue weighted by Gasteiger charge is -2.34. The van der Waals surface area contributed by atoms with Crippen molar-refractivity contribution in [2.24, 2.45) is 0 Å². The molecule has 0 saturated carbocycles. The Labute approximate surface area is 121 Å². The van der Waals surface area contributed by atoms with Gasteiger partial charge in [-0.3, -0.25) is 4.79 Å². The van der Waals surface area contributed by atoms with Crippen LogP contribution in [0, 0.1) is 6.92 Å². The molecule has 1 atom stereocenters. The summed E-state index contributed by atoms with van der Waals surface area (Å²) >= 11 is 0. The number of aromatic nitrogens is 1. The quantitative estimate of drug-likeness (QED) is 0.910. The van der Waals surface area contributed by atoms with Crippen LogP contribution in [0.4, 0.5) is 0 Å². The Kier molecular flexibility index (Phi) is 3.21. The van der Waals surface area contributed by atoms with Crippen LogP contribution < -0.4 is 0 Å². The van der Waals surface area contributed by atoms with Gasteiger partial charge in [0, 0.05) is 12.6 Å². The molecule has 1 aromatic heterocycles. The summed E-state index contributed by atoms with van der Waals surface area (Å²) in [5.41, 5.74) is 1.76. The van der Waals surface area contributed by atoms with Crippen molar-refractivity contribution >= 4 is 11.9 Å². The third-order valence-corrected chi connectivity index (χ3v) is 3.63. The van der Waals surface area contributed by atoms with Crippen LogP contribution in [0.15, 0.2) is 34.9 Å². The summed E-state index contributed by atoms with van der Waals surface area (Å²) in [5.74, 6) is -0.952. The fraction of sp³-hybridized carbons (Fsp3) is 0.267. The van der Waals surface area contributed by atoms with Crippen LogP contribution in [0.3, 0.4) is 0 Å². The van der Waals surface area contributed by atoms with Gasteiger partial charge in [0.25, 0.3) is 5.91 Å². The Morgan fingerprint density at radius 3 is 2.81 bits per heavy atom. The van der Waals surface area contributed by atoms with Gasteiger partial charge in [-0.2, -0.15) is 0 Å². The topological polar surface area (TPSA) is 83.6 Å². The van der Waals surface area contributed by atoms with E-state index in [9.17, 15) is 14.7 Å². The number of amides is 1. The zero-order valence-electron chi connectivity index (χ0n) is 11.4. The van der Waals surface area contributed by atoms with Crippen molar-refractivity contribution in [2.75, 3.05) is 6.54 Å². The Bertz CT molecular complexity index is 707. The molecule has 0 fully saturated rings. The van der Waals surface area contributed by atoms with Gasteiger partial charge in [0.05, 0.1) is 0 Å². The lowest BCUT2D eigenvalue weighted by molar-refractivity contribution is -0.143. The van der Waals surface area contributed by atoms with E-state index in [1.807, 2.05) is 12.1 Å². The second-order valence-corrected chi connectivity index (χ2v) is 5.01. The predicted octanol–water partition coefficient (Wildman–Crippen LogP) is 1.81. The average Bonchev–Trinajstić information content (AvgIpc) is 2.91. The first-order chi connectivity index (χ1) is 10.1. The summed E-state index contributed by atoms with van der Waals surface area (Å²) in [6, 6.07) is 7.83. The van der Waals surface area contributed by atoms with Gasteiger partial charge in [-0.15, -0.1) is 0 Å². The number of fused-ring (bicyclic) bond motifs is 1. The minimum atomic E-state index is -1.05. The molecule has 0 radical (unpaired) electrons. The standard InChI is InChI=1S/C15H14N2O4/c1-9-8-12(16-21-9)14(18)17-7-6-10-4-2-3-5-11(10)13(17)15(19)20/h2-5,8,13H,6-7H2,1H3,(H,19,20). The molecule has 1 amide bonds. The number of aliphatic carboxylic acids is 1. The van der Waals surface area contributed by atoms with Crippen molar-refractivity contribution in [2.45, 2.75) is 19.4 Å². The maximum Gasteiger partial charge on any atom is 0.331 e. The van der Waals surface area contributed by atoms with Gasteiger partial charge in [-0.05, 0) is 24.5 Å². The van der Waals surface area contributed by atoms with Crippen molar-refractivity contribution in [1.29, 1.82) is 0 Å². The van der Waals surface area contributed by atoms with E-state index in [4.69, 9.17) is 4.52 Å². The number of hydrogen-bond acceptors (Lipinski definition) is 4. The number of aryl methyl sites for hydroxylation is 1. The predicted molar refractivity (Wildman–Crippen MR) is 72.8 cm³/mol. The average molecular weight is 286 g/mol. The van der Waals surface area contributed by atoms with Crippen molar-refractivity contribution < 1.29 is 19.2 Å². The molecule has 1 unspecified atom stereocenters.